The minimum Gasteiger partial charge on any atom is -0.493 e. The number of benzene rings is 2. The van der Waals surface area contributed by atoms with E-state index in [0.717, 1.165) is 0 Å². The van der Waals surface area contributed by atoms with E-state index in [9.17, 15) is 9.18 Å². The Bertz CT molecular complexity index is 997. The molecule has 0 saturated carbocycles. The highest BCUT2D eigenvalue weighted by atomic mass is 19.1. The van der Waals surface area contributed by atoms with Gasteiger partial charge in [-0.05, 0) is 30.2 Å². The number of hydrogen-bond donors (Lipinski definition) is 2. The Morgan fingerprint density at radius 2 is 1.83 bits per heavy atom. The molecule has 0 fully saturated rings. The van der Waals surface area contributed by atoms with Crippen molar-refractivity contribution >= 4 is 17.4 Å². The van der Waals surface area contributed by atoms with Gasteiger partial charge in [-0.25, -0.2) is 14.4 Å². The van der Waals surface area contributed by atoms with Crippen LogP contribution >= 0.6 is 0 Å². The molecular weight excluding hydrogens is 375 g/mol. The van der Waals surface area contributed by atoms with Crippen molar-refractivity contribution in [2.45, 2.75) is 6.42 Å². The molecular formula is C21H21FN4O3. The highest BCUT2D eigenvalue weighted by molar-refractivity contribution is 6.03. The average Bonchev–Trinajstić information content (AvgIpc) is 2.75. The van der Waals surface area contributed by atoms with Crippen LogP contribution in [0.15, 0.2) is 54.9 Å². The van der Waals surface area contributed by atoms with Crippen molar-refractivity contribution in [3.05, 3.63) is 71.9 Å². The van der Waals surface area contributed by atoms with Crippen molar-refractivity contribution in [1.29, 1.82) is 0 Å². The zero-order chi connectivity index (χ0) is 20.6. The first-order valence-electron chi connectivity index (χ1n) is 8.93. The molecule has 3 aromatic rings. The smallest absolute Gasteiger partial charge is 0.274 e. The Balaban J connectivity index is 1.62. The summed E-state index contributed by atoms with van der Waals surface area (Å²) in [6, 6.07) is 13.2. The third-order valence-electron chi connectivity index (χ3n) is 4.20. The topological polar surface area (TPSA) is 85.4 Å². The molecule has 150 valence electrons. The van der Waals surface area contributed by atoms with Gasteiger partial charge in [-0.1, -0.05) is 18.2 Å². The zero-order valence-corrected chi connectivity index (χ0v) is 16.1. The molecule has 0 aliphatic heterocycles. The normalized spacial score (nSPS) is 10.3. The van der Waals surface area contributed by atoms with Gasteiger partial charge in [0.1, 0.15) is 23.7 Å². The number of methoxy groups -OCH3 is 2. The SMILES string of the molecule is COc1ccc(NC(=O)c2cc(NCCc3ccccc3F)ncn2)cc1OC. The largest absolute Gasteiger partial charge is 0.493 e. The van der Waals surface area contributed by atoms with Gasteiger partial charge in [0, 0.05) is 24.4 Å². The summed E-state index contributed by atoms with van der Waals surface area (Å²) < 4.78 is 24.1. The van der Waals surface area contributed by atoms with E-state index in [2.05, 4.69) is 20.6 Å². The van der Waals surface area contributed by atoms with Crippen molar-refractivity contribution in [2.24, 2.45) is 0 Å². The van der Waals surface area contributed by atoms with Crippen LogP contribution in [0, 0.1) is 5.82 Å². The van der Waals surface area contributed by atoms with E-state index in [-0.39, 0.29) is 11.5 Å². The Labute approximate surface area is 167 Å². The first-order chi connectivity index (χ1) is 14.1. The van der Waals surface area contributed by atoms with E-state index >= 15 is 0 Å². The quantitative estimate of drug-likeness (QED) is 0.606. The van der Waals surface area contributed by atoms with Gasteiger partial charge in [0.2, 0.25) is 0 Å². The lowest BCUT2D eigenvalue weighted by molar-refractivity contribution is 0.102. The van der Waals surface area contributed by atoms with Crippen LogP contribution in [0.4, 0.5) is 15.9 Å². The number of aromatic nitrogens is 2. The fourth-order valence-corrected chi connectivity index (χ4v) is 2.71. The first kappa shape index (κ1) is 20.1. The molecule has 1 amide bonds. The number of ether oxygens (including phenoxy) is 2. The van der Waals surface area contributed by atoms with E-state index in [0.29, 0.717) is 41.5 Å². The van der Waals surface area contributed by atoms with E-state index < -0.39 is 5.91 Å². The molecule has 0 unspecified atom stereocenters. The van der Waals surface area contributed by atoms with Crippen LogP contribution < -0.4 is 20.1 Å². The maximum Gasteiger partial charge on any atom is 0.274 e. The molecule has 29 heavy (non-hydrogen) atoms. The van der Waals surface area contributed by atoms with Gasteiger partial charge in [-0.3, -0.25) is 4.79 Å². The van der Waals surface area contributed by atoms with Crippen LogP contribution in [-0.2, 0) is 6.42 Å². The maximum absolute atomic E-state index is 13.7. The van der Waals surface area contributed by atoms with Gasteiger partial charge in [0.15, 0.2) is 11.5 Å². The number of anilines is 2. The van der Waals surface area contributed by atoms with Gasteiger partial charge in [0.25, 0.3) is 5.91 Å². The monoisotopic (exact) mass is 396 g/mol. The molecule has 0 spiro atoms. The number of nitrogens with one attached hydrogen (secondary N) is 2. The van der Waals surface area contributed by atoms with Crippen LogP contribution in [0.3, 0.4) is 0 Å². The second kappa shape index (κ2) is 9.50. The van der Waals surface area contributed by atoms with E-state index in [1.807, 2.05) is 0 Å². The molecule has 0 bridgehead atoms. The summed E-state index contributed by atoms with van der Waals surface area (Å²) in [6.45, 7) is 0.467. The first-order valence-corrected chi connectivity index (χ1v) is 8.93. The van der Waals surface area contributed by atoms with Crippen molar-refractivity contribution in [3.63, 3.8) is 0 Å². The summed E-state index contributed by atoms with van der Waals surface area (Å²) in [7, 11) is 3.06. The summed E-state index contributed by atoms with van der Waals surface area (Å²) in [5.74, 6) is 0.912. The lowest BCUT2D eigenvalue weighted by Gasteiger charge is -2.11. The highest BCUT2D eigenvalue weighted by Gasteiger charge is 2.11. The van der Waals surface area contributed by atoms with E-state index in [4.69, 9.17) is 9.47 Å². The average molecular weight is 396 g/mol. The molecule has 2 aromatic carbocycles. The van der Waals surface area contributed by atoms with Crippen molar-refractivity contribution < 1.29 is 18.7 Å². The second-order valence-corrected chi connectivity index (χ2v) is 6.08. The maximum atomic E-state index is 13.7. The predicted molar refractivity (Wildman–Crippen MR) is 108 cm³/mol. The number of nitrogens with zero attached hydrogens (tertiary/aromatic N) is 2. The van der Waals surface area contributed by atoms with Gasteiger partial charge in [-0.15, -0.1) is 0 Å². The number of carbonyl (C=O) groups excluding carboxylic acids is 1. The third-order valence-corrected chi connectivity index (χ3v) is 4.20. The van der Waals surface area contributed by atoms with Crippen LogP contribution in [-0.4, -0.2) is 36.6 Å². The van der Waals surface area contributed by atoms with E-state index in [1.54, 1.807) is 36.4 Å². The van der Waals surface area contributed by atoms with Crippen molar-refractivity contribution in [2.75, 3.05) is 31.4 Å². The molecule has 0 saturated heterocycles. The molecule has 8 heteroatoms. The van der Waals surface area contributed by atoms with Crippen molar-refractivity contribution in [1.82, 2.24) is 9.97 Å². The van der Waals surface area contributed by atoms with E-state index in [1.165, 1.54) is 32.7 Å². The van der Waals surface area contributed by atoms with Crippen LogP contribution in [0.25, 0.3) is 0 Å². The van der Waals surface area contributed by atoms with Gasteiger partial charge in [0.05, 0.1) is 14.2 Å². The molecule has 3 rings (SSSR count). The molecule has 0 aliphatic rings. The van der Waals surface area contributed by atoms with Crippen molar-refractivity contribution in [3.8, 4) is 11.5 Å². The molecule has 7 nitrogen and oxygen atoms in total. The van der Waals surface area contributed by atoms with Gasteiger partial charge in [-0.2, -0.15) is 0 Å². The highest BCUT2D eigenvalue weighted by Crippen LogP contribution is 2.29. The third kappa shape index (κ3) is 5.19. The van der Waals surface area contributed by atoms with Crippen LogP contribution in [0.1, 0.15) is 16.1 Å². The summed E-state index contributed by atoms with van der Waals surface area (Å²) in [6.07, 6.45) is 1.79. The fraction of sp³-hybridized carbons (Fsp3) is 0.190. The standard InChI is InChI=1S/C21H21FN4O3/c1-28-18-8-7-15(11-19(18)29-2)26-21(27)17-12-20(25-13-24-17)23-10-9-14-5-3-4-6-16(14)22/h3-8,11-13H,9-10H2,1-2H3,(H,26,27)(H,23,24,25). The second-order valence-electron chi connectivity index (χ2n) is 6.08. The minimum absolute atomic E-state index is 0.197. The fourth-order valence-electron chi connectivity index (χ4n) is 2.71. The van der Waals surface area contributed by atoms with Gasteiger partial charge < -0.3 is 20.1 Å². The summed E-state index contributed by atoms with van der Waals surface area (Å²) >= 11 is 0. The lowest BCUT2D eigenvalue weighted by atomic mass is 10.1. The Hall–Kier alpha value is -3.68. The zero-order valence-electron chi connectivity index (χ0n) is 16.1. The molecule has 0 atom stereocenters. The Morgan fingerprint density at radius 1 is 1.03 bits per heavy atom. The molecule has 0 radical (unpaired) electrons. The number of hydrogen-bond acceptors (Lipinski definition) is 6. The number of amides is 1. The Kier molecular flexibility index (Phi) is 6.57. The number of rotatable bonds is 8. The predicted octanol–water partition coefficient (Wildman–Crippen LogP) is 3.54. The Morgan fingerprint density at radius 3 is 2.59 bits per heavy atom. The lowest BCUT2D eigenvalue weighted by Crippen LogP contribution is -2.15. The van der Waals surface area contributed by atoms with Gasteiger partial charge >= 0.3 is 0 Å². The summed E-state index contributed by atoms with van der Waals surface area (Å²) in [5.41, 5.74) is 1.35. The molecule has 0 aliphatic carbocycles. The molecule has 2 N–H and O–H groups in total. The summed E-state index contributed by atoms with van der Waals surface area (Å²) in [5, 5.41) is 5.84. The number of carbonyl (C=O) groups is 1. The number of halogens is 1. The van der Waals surface area contributed by atoms with Crippen LogP contribution in [0.5, 0.6) is 11.5 Å². The molecule has 1 heterocycles. The van der Waals surface area contributed by atoms with Crippen LogP contribution in [0.2, 0.25) is 0 Å². The minimum atomic E-state index is -0.392. The summed E-state index contributed by atoms with van der Waals surface area (Å²) in [4.78, 5) is 20.6. The molecule has 1 aromatic heterocycles.